The van der Waals surface area contributed by atoms with E-state index in [0.29, 0.717) is 12.5 Å². The van der Waals surface area contributed by atoms with Crippen LogP contribution in [-0.2, 0) is 0 Å². The van der Waals surface area contributed by atoms with Crippen LogP contribution >= 0.6 is 0 Å². The molecule has 0 spiro atoms. The summed E-state index contributed by atoms with van der Waals surface area (Å²) < 4.78 is 0. The number of rotatable bonds is 1. The Morgan fingerprint density at radius 1 is 2.00 bits per heavy atom. The third-order valence-corrected chi connectivity index (χ3v) is 0.830. The molecule has 1 saturated heterocycles. The van der Waals surface area contributed by atoms with Crippen LogP contribution in [-0.4, -0.2) is 12.6 Å². The number of nitriles is 1. The van der Waals surface area contributed by atoms with E-state index in [1.807, 2.05) is 0 Å². The number of nitrogens with zero attached hydrogens (tertiary/aromatic N) is 1. The minimum absolute atomic E-state index is 0.537. The van der Waals surface area contributed by atoms with E-state index in [-0.39, 0.29) is 0 Å². The largest absolute Gasteiger partial charge is 0.310 e. The van der Waals surface area contributed by atoms with Crippen molar-refractivity contribution in [3.63, 3.8) is 0 Å². The lowest BCUT2D eigenvalue weighted by Gasteiger charge is -1.69. The zero-order valence-electron chi connectivity index (χ0n) is 3.44. The Morgan fingerprint density at radius 2 is 2.67 bits per heavy atom. The van der Waals surface area contributed by atoms with Gasteiger partial charge in [-0.15, -0.1) is 0 Å². The Kier molecular flexibility index (Phi) is 0.771. The van der Waals surface area contributed by atoms with Crippen LogP contribution in [0.5, 0.6) is 0 Å². The van der Waals surface area contributed by atoms with E-state index in [2.05, 4.69) is 11.4 Å². The maximum Gasteiger partial charge on any atom is 0.0638 e. The highest BCUT2D eigenvalue weighted by Crippen LogP contribution is 1.98. The van der Waals surface area contributed by atoms with Crippen molar-refractivity contribution < 1.29 is 0 Å². The summed E-state index contributed by atoms with van der Waals surface area (Å²) in [7, 11) is 0. The van der Waals surface area contributed by atoms with Crippen molar-refractivity contribution in [2.45, 2.75) is 12.5 Å². The quantitative estimate of drug-likeness (QED) is 0.448. The number of nitrogens with one attached hydrogen (secondary N) is 1. The van der Waals surface area contributed by atoms with Crippen LogP contribution in [0.1, 0.15) is 6.42 Å². The highest BCUT2D eigenvalue weighted by molar-refractivity contribution is 4.91. The molecule has 1 rings (SSSR count). The van der Waals surface area contributed by atoms with Crippen molar-refractivity contribution in [2.24, 2.45) is 0 Å². The zero-order chi connectivity index (χ0) is 4.41. The number of hydrogen-bond acceptors (Lipinski definition) is 2. The normalized spacial score (nSPS) is 28.8. The molecule has 1 N–H and O–H groups in total. The molecular weight excluding hydrogens is 76.1 g/mol. The molecule has 0 aliphatic carbocycles. The van der Waals surface area contributed by atoms with Gasteiger partial charge >= 0.3 is 0 Å². The van der Waals surface area contributed by atoms with Gasteiger partial charge in [-0.05, 0) is 0 Å². The predicted octanol–water partition coefficient (Wildman–Crippen LogP) is -0.128. The predicted molar refractivity (Wildman–Crippen MR) is 22.0 cm³/mol. The van der Waals surface area contributed by atoms with E-state index >= 15 is 0 Å². The van der Waals surface area contributed by atoms with Crippen LogP contribution in [0.2, 0.25) is 0 Å². The summed E-state index contributed by atoms with van der Waals surface area (Å²) in [4.78, 5) is 0. The molecule has 0 radical (unpaired) electrons. The monoisotopic (exact) mass is 82.1 g/mol. The van der Waals surface area contributed by atoms with Gasteiger partial charge in [-0.1, -0.05) is 0 Å². The minimum Gasteiger partial charge on any atom is -0.310 e. The first-order valence-electron chi connectivity index (χ1n) is 2.04. The molecule has 0 aromatic rings. The van der Waals surface area contributed by atoms with E-state index in [0.717, 1.165) is 6.54 Å². The SMILES string of the molecule is N#CC[C@H]1CN1. The van der Waals surface area contributed by atoms with Crippen LogP contribution in [0.15, 0.2) is 0 Å². The van der Waals surface area contributed by atoms with Gasteiger partial charge in [0.1, 0.15) is 0 Å². The van der Waals surface area contributed by atoms with Gasteiger partial charge in [0.05, 0.1) is 12.5 Å². The molecule has 0 aromatic heterocycles. The Balaban J connectivity index is 2.05. The average molecular weight is 82.1 g/mol. The van der Waals surface area contributed by atoms with E-state index in [1.54, 1.807) is 0 Å². The molecule has 1 atom stereocenters. The second kappa shape index (κ2) is 1.27. The molecule has 0 aromatic carbocycles. The average Bonchev–Trinajstić information content (AvgIpc) is 2.21. The van der Waals surface area contributed by atoms with Gasteiger partial charge in [-0.2, -0.15) is 5.26 Å². The third kappa shape index (κ3) is 0.697. The summed E-state index contributed by atoms with van der Waals surface area (Å²) in [5.41, 5.74) is 0. The van der Waals surface area contributed by atoms with Crippen LogP contribution in [0.25, 0.3) is 0 Å². The Morgan fingerprint density at radius 3 is 2.83 bits per heavy atom. The standard InChI is InChI=1S/C4H6N2/c5-2-1-4-3-6-4/h4,6H,1,3H2/t4-/m0/s1. The molecule has 0 unspecified atom stereocenters. The maximum atomic E-state index is 7.99. The van der Waals surface area contributed by atoms with Gasteiger partial charge in [0.25, 0.3) is 0 Å². The van der Waals surface area contributed by atoms with Crippen molar-refractivity contribution in [2.75, 3.05) is 6.54 Å². The van der Waals surface area contributed by atoms with Gasteiger partial charge in [0.15, 0.2) is 0 Å². The van der Waals surface area contributed by atoms with Crippen molar-refractivity contribution in [3.8, 4) is 6.07 Å². The fourth-order valence-corrected chi connectivity index (χ4v) is 0.338. The highest BCUT2D eigenvalue weighted by Gasteiger charge is 2.17. The van der Waals surface area contributed by atoms with Crippen LogP contribution in [0.4, 0.5) is 0 Å². The third-order valence-electron chi connectivity index (χ3n) is 0.830. The molecule has 1 heterocycles. The smallest absolute Gasteiger partial charge is 0.0638 e. The van der Waals surface area contributed by atoms with E-state index in [1.165, 1.54) is 0 Å². The minimum atomic E-state index is 0.537. The van der Waals surface area contributed by atoms with Gasteiger partial charge in [0, 0.05) is 12.6 Å². The second-order valence-corrected chi connectivity index (χ2v) is 1.47. The summed E-state index contributed by atoms with van der Waals surface area (Å²) >= 11 is 0. The Labute approximate surface area is 36.8 Å². The van der Waals surface area contributed by atoms with Crippen LogP contribution < -0.4 is 5.32 Å². The summed E-state index contributed by atoms with van der Waals surface area (Å²) in [6, 6.07) is 2.60. The summed E-state index contributed by atoms with van der Waals surface area (Å²) in [5.74, 6) is 0. The molecular formula is C4H6N2. The molecule has 32 valence electrons. The van der Waals surface area contributed by atoms with Crippen molar-refractivity contribution >= 4 is 0 Å². The molecule has 1 aliphatic rings. The topological polar surface area (TPSA) is 45.7 Å². The maximum absolute atomic E-state index is 7.99. The first-order valence-corrected chi connectivity index (χ1v) is 2.04. The molecule has 0 bridgehead atoms. The zero-order valence-corrected chi connectivity index (χ0v) is 3.44. The Hall–Kier alpha value is -0.550. The van der Waals surface area contributed by atoms with Gasteiger partial charge in [-0.3, -0.25) is 0 Å². The lowest BCUT2D eigenvalue weighted by Crippen LogP contribution is -1.84. The lowest BCUT2D eigenvalue weighted by atomic mass is 10.4. The Bertz CT molecular complexity index is 78.0. The molecule has 2 nitrogen and oxygen atoms in total. The number of hydrogen-bond donors (Lipinski definition) is 1. The fourth-order valence-electron chi connectivity index (χ4n) is 0.338. The highest BCUT2D eigenvalue weighted by atomic mass is 15.1. The first kappa shape index (κ1) is 3.63. The van der Waals surface area contributed by atoms with Gasteiger partial charge in [0.2, 0.25) is 0 Å². The molecule has 2 heteroatoms. The lowest BCUT2D eigenvalue weighted by molar-refractivity contribution is 0.977. The van der Waals surface area contributed by atoms with Gasteiger partial charge < -0.3 is 5.32 Å². The van der Waals surface area contributed by atoms with E-state index < -0.39 is 0 Å². The van der Waals surface area contributed by atoms with E-state index in [4.69, 9.17) is 5.26 Å². The van der Waals surface area contributed by atoms with Gasteiger partial charge in [-0.25, -0.2) is 0 Å². The van der Waals surface area contributed by atoms with Crippen molar-refractivity contribution in [1.29, 1.82) is 5.26 Å². The summed E-state index contributed by atoms with van der Waals surface area (Å²) in [5, 5.41) is 11.0. The van der Waals surface area contributed by atoms with Crippen molar-refractivity contribution in [3.05, 3.63) is 0 Å². The molecule has 1 fully saturated rings. The summed E-state index contributed by atoms with van der Waals surface area (Å²) in [6.45, 7) is 1.05. The van der Waals surface area contributed by atoms with Crippen molar-refractivity contribution in [1.82, 2.24) is 5.32 Å². The molecule has 6 heavy (non-hydrogen) atoms. The van der Waals surface area contributed by atoms with E-state index in [9.17, 15) is 0 Å². The molecule has 0 saturated carbocycles. The van der Waals surface area contributed by atoms with Crippen LogP contribution in [0.3, 0.4) is 0 Å². The molecule has 1 aliphatic heterocycles. The summed E-state index contributed by atoms with van der Waals surface area (Å²) in [6.07, 6.45) is 0.681. The molecule has 0 amide bonds. The fraction of sp³-hybridized carbons (Fsp3) is 0.750. The first-order chi connectivity index (χ1) is 2.93. The van der Waals surface area contributed by atoms with Crippen LogP contribution in [0, 0.1) is 11.3 Å². The second-order valence-electron chi connectivity index (χ2n) is 1.47.